The predicted octanol–water partition coefficient (Wildman–Crippen LogP) is 2.63. The maximum atomic E-state index is 12.2. The molecule has 1 unspecified atom stereocenters. The van der Waals surface area contributed by atoms with E-state index in [1.807, 2.05) is 37.8 Å². The monoisotopic (exact) mass is 246 g/mol. The zero-order chi connectivity index (χ0) is 13.3. The second-order valence-electron chi connectivity index (χ2n) is 6.15. The zero-order valence-corrected chi connectivity index (χ0v) is 11.4. The molecule has 0 saturated carbocycles. The molecule has 2 N–H and O–H groups in total. The Hall–Kier alpha value is -1.51. The van der Waals surface area contributed by atoms with Gasteiger partial charge >= 0.3 is 0 Å². The van der Waals surface area contributed by atoms with Crippen molar-refractivity contribution in [2.75, 3.05) is 18.8 Å². The molecule has 1 aliphatic heterocycles. The minimum absolute atomic E-state index is 0.250. The molecule has 1 aromatic carbocycles. The summed E-state index contributed by atoms with van der Waals surface area (Å²) in [5.74, 6) is 0.706. The van der Waals surface area contributed by atoms with Crippen molar-refractivity contribution in [1.29, 1.82) is 0 Å². The van der Waals surface area contributed by atoms with Gasteiger partial charge in [0.2, 0.25) is 5.91 Å². The molecule has 1 amide bonds. The zero-order valence-electron chi connectivity index (χ0n) is 11.4. The van der Waals surface area contributed by atoms with Gasteiger partial charge in [0.25, 0.3) is 0 Å². The van der Waals surface area contributed by atoms with E-state index in [-0.39, 0.29) is 11.3 Å². The van der Waals surface area contributed by atoms with Gasteiger partial charge in [-0.05, 0) is 24.1 Å². The molecule has 0 radical (unpaired) electrons. The highest BCUT2D eigenvalue weighted by Crippen LogP contribution is 2.30. The number of carbonyl (C=O) groups is 1. The first-order valence-electron chi connectivity index (χ1n) is 6.53. The number of hydrogen-bond donors (Lipinski definition) is 1. The summed E-state index contributed by atoms with van der Waals surface area (Å²) >= 11 is 0. The molecule has 3 heteroatoms. The third kappa shape index (κ3) is 2.66. The normalized spacial score (nSPS) is 20.2. The van der Waals surface area contributed by atoms with Crippen LogP contribution in [0, 0.1) is 5.41 Å². The maximum absolute atomic E-state index is 12.2. The minimum Gasteiger partial charge on any atom is -0.399 e. The summed E-state index contributed by atoms with van der Waals surface area (Å²) in [5, 5.41) is 0. The highest BCUT2D eigenvalue weighted by Gasteiger charge is 2.33. The molecule has 2 rings (SSSR count). The first-order chi connectivity index (χ1) is 8.38. The van der Waals surface area contributed by atoms with Crippen molar-refractivity contribution in [1.82, 2.24) is 4.90 Å². The predicted molar refractivity (Wildman–Crippen MR) is 74.2 cm³/mol. The van der Waals surface area contributed by atoms with Gasteiger partial charge in [0.1, 0.15) is 0 Å². The van der Waals surface area contributed by atoms with Crippen LogP contribution in [0.5, 0.6) is 0 Å². The van der Waals surface area contributed by atoms with E-state index >= 15 is 0 Å². The molecule has 0 spiro atoms. The molecule has 0 aromatic heterocycles. The van der Waals surface area contributed by atoms with Crippen LogP contribution in [0.15, 0.2) is 24.3 Å². The van der Waals surface area contributed by atoms with Crippen molar-refractivity contribution >= 4 is 11.6 Å². The number of nitrogens with zero attached hydrogens (tertiary/aromatic N) is 1. The third-order valence-electron chi connectivity index (χ3n) is 3.52. The summed E-state index contributed by atoms with van der Waals surface area (Å²) in [4.78, 5) is 14.2. The fourth-order valence-electron chi connectivity index (χ4n) is 2.46. The molecule has 3 nitrogen and oxygen atoms in total. The van der Waals surface area contributed by atoms with E-state index in [1.54, 1.807) is 0 Å². The molecule has 1 aliphatic rings. The third-order valence-corrected chi connectivity index (χ3v) is 3.52. The number of hydrogen-bond acceptors (Lipinski definition) is 2. The Morgan fingerprint density at radius 3 is 2.44 bits per heavy atom. The largest absolute Gasteiger partial charge is 0.399 e. The van der Waals surface area contributed by atoms with Gasteiger partial charge in [-0.25, -0.2) is 0 Å². The summed E-state index contributed by atoms with van der Waals surface area (Å²) < 4.78 is 0. The Morgan fingerprint density at radius 2 is 1.89 bits per heavy atom. The molecule has 1 aromatic rings. The molecule has 98 valence electrons. The number of amides is 1. The van der Waals surface area contributed by atoms with Crippen LogP contribution in [0.3, 0.4) is 0 Å². The van der Waals surface area contributed by atoms with Crippen molar-refractivity contribution in [2.45, 2.75) is 33.1 Å². The summed E-state index contributed by atoms with van der Waals surface area (Å²) in [6.07, 6.45) is 1.05. The second-order valence-corrected chi connectivity index (χ2v) is 6.15. The summed E-state index contributed by atoms with van der Waals surface area (Å²) in [7, 11) is 0. The van der Waals surface area contributed by atoms with Gasteiger partial charge < -0.3 is 10.6 Å². The van der Waals surface area contributed by atoms with E-state index in [9.17, 15) is 4.79 Å². The number of benzene rings is 1. The van der Waals surface area contributed by atoms with Gasteiger partial charge in [0.15, 0.2) is 0 Å². The van der Waals surface area contributed by atoms with E-state index in [4.69, 9.17) is 5.73 Å². The number of anilines is 1. The van der Waals surface area contributed by atoms with Crippen LogP contribution in [-0.2, 0) is 4.79 Å². The molecule has 0 aliphatic carbocycles. The average Bonchev–Trinajstić information content (AvgIpc) is 2.77. The number of nitrogen functional groups attached to an aromatic ring is 1. The maximum Gasteiger partial charge on any atom is 0.227 e. The van der Waals surface area contributed by atoms with Crippen LogP contribution in [-0.4, -0.2) is 23.9 Å². The van der Waals surface area contributed by atoms with Crippen LogP contribution in [0.25, 0.3) is 0 Å². The number of carbonyl (C=O) groups excluding carboxylic acids is 1. The van der Waals surface area contributed by atoms with E-state index in [0.717, 1.165) is 25.2 Å². The summed E-state index contributed by atoms with van der Waals surface area (Å²) in [6, 6.07) is 8.02. The Balaban J connectivity index is 2.05. The Morgan fingerprint density at radius 1 is 1.28 bits per heavy atom. The standard InChI is InChI=1S/C15H22N2O/c1-15(2,3)14(18)17-9-8-12(10-17)11-4-6-13(16)7-5-11/h4-7,12H,8-10,16H2,1-3H3. The van der Waals surface area contributed by atoms with Crippen LogP contribution in [0.1, 0.15) is 38.7 Å². The summed E-state index contributed by atoms with van der Waals surface area (Å²) in [6.45, 7) is 7.63. The highest BCUT2D eigenvalue weighted by atomic mass is 16.2. The molecule has 18 heavy (non-hydrogen) atoms. The lowest BCUT2D eigenvalue weighted by molar-refractivity contribution is -0.138. The minimum atomic E-state index is -0.282. The quantitative estimate of drug-likeness (QED) is 0.774. The summed E-state index contributed by atoms with van der Waals surface area (Å²) in [5.41, 5.74) is 7.49. The van der Waals surface area contributed by atoms with Crippen molar-refractivity contribution < 1.29 is 4.79 Å². The lowest BCUT2D eigenvalue weighted by atomic mass is 9.94. The van der Waals surface area contributed by atoms with E-state index in [1.165, 1.54) is 5.56 Å². The number of nitrogens with two attached hydrogens (primary N) is 1. The lowest BCUT2D eigenvalue weighted by Crippen LogP contribution is -2.37. The number of likely N-dealkylation sites (tertiary alicyclic amines) is 1. The van der Waals surface area contributed by atoms with Crippen molar-refractivity contribution in [2.24, 2.45) is 5.41 Å². The molecule has 1 atom stereocenters. The van der Waals surface area contributed by atoms with E-state index in [2.05, 4.69) is 12.1 Å². The van der Waals surface area contributed by atoms with Crippen molar-refractivity contribution in [3.8, 4) is 0 Å². The SMILES string of the molecule is CC(C)(C)C(=O)N1CCC(c2ccc(N)cc2)C1. The Bertz CT molecular complexity index is 431. The highest BCUT2D eigenvalue weighted by molar-refractivity contribution is 5.81. The van der Waals surface area contributed by atoms with Crippen molar-refractivity contribution in [3.63, 3.8) is 0 Å². The smallest absolute Gasteiger partial charge is 0.227 e. The van der Waals surface area contributed by atoms with E-state index in [0.29, 0.717) is 5.92 Å². The van der Waals surface area contributed by atoms with Crippen LogP contribution in [0.2, 0.25) is 0 Å². The second kappa shape index (κ2) is 4.63. The molecule has 1 saturated heterocycles. The molecular formula is C15H22N2O. The average molecular weight is 246 g/mol. The van der Waals surface area contributed by atoms with E-state index < -0.39 is 0 Å². The fraction of sp³-hybridized carbons (Fsp3) is 0.533. The first kappa shape index (κ1) is 12.9. The van der Waals surface area contributed by atoms with Crippen LogP contribution < -0.4 is 5.73 Å². The van der Waals surface area contributed by atoms with Gasteiger partial charge in [-0.15, -0.1) is 0 Å². The van der Waals surface area contributed by atoms with Crippen LogP contribution in [0.4, 0.5) is 5.69 Å². The molecule has 1 fully saturated rings. The van der Waals surface area contributed by atoms with Gasteiger partial charge in [-0.2, -0.15) is 0 Å². The van der Waals surface area contributed by atoms with Gasteiger partial charge in [-0.3, -0.25) is 4.79 Å². The fourth-order valence-corrected chi connectivity index (χ4v) is 2.46. The molecule has 0 bridgehead atoms. The topological polar surface area (TPSA) is 46.3 Å². The molecule has 1 heterocycles. The Kier molecular flexibility index (Phi) is 3.33. The van der Waals surface area contributed by atoms with Gasteiger partial charge in [-0.1, -0.05) is 32.9 Å². The molecular weight excluding hydrogens is 224 g/mol. The Labute approximate surface area is 109 Å². The van der Waals surface area contributed by atoms with Crippen molar-refractivity contribution in [3.05, 3.63) is 29.8 Å². The van der Waals surface area contributed by atoms with Crippen LogP contribution >= 0.6 is 0 Å². The van der Waals surface area contributed by atoms with Gasteiger partial charge in [0, 0.05) is 30.1 Å². The number of rotatable bonds is 1. The first-order valence-corrected chi connectivity index (χ1v) is 6.53. The van der Waals surface area contributed by atoms with Gasteiger partial charge in [0.05, 0.1) is 0 Å². The lowest BCUT2D eigenvalue weighted by Gasteiger charge is -2.25.